The summed E-state index contributed by atoms with van der Waals surface area (Å²) in [6, 6.07) is 16.7. The van der Waals surface area contributed by atoms with Crippen molar-refractivity contribution >= 4 is 11.8 Å². The normalized spacial score (nSPS) is 10.3. The lowest BCUT2D eigenvalue weighted by Crippen LogP contribution is -2.22. The van der Waals surface area contributed by atoms with Crippen molar-refractivity contribution < 1.29 is 9.59 Å². The fraction of sp³-hybridized carbons (Fsp3) is 0.105. The van der Waals surface area contributed by atoms with Crippen molar-refractivity contribution in [3.8, 4) is 5.69 Å². The molecule has 0 aliphatic carbocycles. The second-order valence-corrected chi connectivity index (χ2v) is 5.47. The van der Waals surface area contributed by atoms with Gasteiger partial charge in [0, 0.05) is 25.4 Å². The van der Waals surface area contributed by atoms with Gasteiger partial charge >= 0.3 is 0 Å². The first-order valence-electron chi connectivity index (χ1n) is 7.86. The number of carbonyl (C=O) groups excluding carboxylic acids is 2. The topological polar surface area (TPSA) is 76.0 Å². The van der Waals surface area contributed by atoms with E-state index in [2.05, 4.69) is 15.7 Å². The van der Waals surface area contributed by atoms with Crippen molar-refractivity contribution in [2.45, 2.75) is 6.54 Å². The highest BCUT2D eigenvalue weighted by atomic mass is 16.2. The fourth-order valence-electron chi connectivity index (χ4n) is 2.36. The molecule has 3 rings (SSSR count). The summed E-state index contributed by atoms with van der Waals surface area (Å²) in [6.45, 7) is 0.378. The molecule has 126 valence electrons. The fourth-order valence-corrected chi connectivity index (χ4v) is 2.36. The number of hydrogen-bond acceptors (Lipinski definition) is 3. The molecule has 0 spiro atoms. The molecule has 0 aliphatic rings. The van der Waals surface area contributed by atoms with Crippen LogP contribution in [0.1, 0.15) is 26.3 Å². The Kier molecular flexibility index (Phi) is 4.89. The van der Waals surface area contributed by atoms with E-state index in [4.69, 9.17) is 0 Å². The average molecular weight is 334 g/mol. The summed E-state index contributed by atoms with van der Waals surface area (Å²) in [5.74, 6) is -0.332. The number of para-hydroxylation sites is 1. The van der Waals surface area contributed by atoms with E-state index in [1.807, 2.05) is 42.5 Å². The smallest absolute Gasteiger partial charge is 0.254 e. The van der Waals surface area contributed by atoms with Crippen LogP contribution in [0.3, 0.4) is 0 Å². The third kappa shape index (κ3) is 3.92. The number of nitrogens with zero attached hydrogens (tertiary/aromatic N) is 2. The molecule has 2 N–H and O–H groups in total. The minimum absolute atomic E-state index is 0.135. The Labute approximate surface area is 145 Å². The van der Waals surface area contributed by atoms with Gasteiger partial charge in [0.25, 0.3) is 11.8 Å². The van der Waals surface area contributed by atoms with Crippen LogP contribution in [0, 0.1) is 0 Å². The zero-order valence-corrected chi connectivity index (χ0v) is 13.8. The Balaban J connectivity index is 1.61. The molecule has 25 heavy (non-hydrogen) atoms. The lowest BCUT2D eigenvalue weighted by molar-refractivity contribution is 0.0946. The molecule has 0 saturated heterocycles. The molecule has 2 aromatic carbocycles. The number of amides is 2. The van der Waals surface area contributed by atoms with E-state index in [0.717, 1.165) is 11.3 Å². The third-order valence-corrected chi connectivity index (χ3v) is 3.76. The maximum atomic E-state index is 12.3. The molecule has 0 unspecified atom stereocenters. The molecule has 6 nitrogen and oxygen atoms in total. The van der Waals surface area contributed by atoms with Gasteiger partial charge in [0.2, 0.25) is 0 Å². The molecule has 6 heteroatoms. The maximum Gasteiger partial charge on any atom is 0.254 e. The number of benzene rings is 2. The third-order valence-electron chi connectivity index (χ3n) is 3.76. The zero-order chi connectivity index (χ0) is 17.6. The summed E-state index contributed by atoms with van der Waals surface area (Å²) in [5.41, 5.74) is 2.88. The Morgan fingerprint density at radius 2 is 1.68 bits per heavy atom. The first kappa shape index (κ1) is 16.4. The predicted molar refractivity (Wildman–Crippen MR) is 94.6 cm³/mol. The monoisotopic (exact) mass is 334 g/mol. The lowest BCUT2D eigenvalue weighted by atomic mass is 10.1. The van der Waals surface area contributed by atoms with Crippen LogP contribution in [-0.4, -0.2) is 28.6 Å². The molecular formula is C19H18N4O2. The van der Waals surface area contributed by atoms with Crippen LogP contribution in [0.2, 0.25) is 0 Å². The van der Waals surface area contributed by atoms with E-state index in [9.17, 15) is 9.59 Å². The Morgan fingerprint density at radius 3 is 2.36 bits per heavy atom. The molecule has 1 heterocycles. The first-order valence-corrected chi connectivity index (χ1v) is 7.86. The molecule has 2 amide bonds. The zero-order valence-electron chi connectivity index (χ0n) is 13.8. The van der Waals surface area contributed by atoms with Crippen LogP contribution in [0.4, 0.5) is 0 Å². The highest BCUT2D eigenvalue weighted by Gasteiger charge is 2.09. The van der Waals surface area contributed by atoms with Gasteiger partial charge in [-0.05, 0) is 29.8 Å². The van der Waals surface area contributed by atoms with Crippen LogP contribution < -0.4 is 10.6 Å². The minimum atomic E-state index is -0.197. The van der Waals surface area contributed by atoms with Crippen molar-refractivity contribution in [3.63, 3.8) is 0 Å². The van der Waals surface area contributed by atoms with Crippen molar-refractivity contribution in [3.05, 3.63) is 83.7 Å². The van der Waals surface area contributed by atoms with Gasteiger partial charge in [0.1, 0.15) is 0 Å². The van der Waals surface area contributed by atoms with Gasteiger partial charge in [-0.2, -0.15) is 5.10 Å². The molecule has 0 aliphatic heterocycles. The number of hydrogen-bond donors (Lipinski definition) is 2. The van der Waals surface area contributed by atoms with E-state index in [1.165, 1.54) is 6.20 Å². The minimum Gasteiger partial charge on any atom is -0.355 e. The summed E-state index contributed by atoms with van der Waals surface area (Å²) in [4.78, 5) is 23.8. The van der Waals surface area contributed by atoms with Gasteiger partial charge in [0.15, 0.2) is 0 Å². The maximum absolute atomic E-state index is 12.3. The van der Waals surface area contributed by atoms with Gasteiger partial charge in [-0.25, -0.2) is 4.68 Å². The number of carbonyl (C=O) groups is 2. The summed E-state index contributed by atoms with van der Waals surface area (Å²) in [7, 11) is 1.59. The van der Waals surface area contributed by atoms with Crippen molar-refractivity contribution in [2.75, 3.05) is 7.05 Å². The van der Waals surface area contributed by atoms with E-state index in [0.29, 0.717) is 17.7 Å². The van der Waals surface area contributed by atoms with Gasteiger partial charge < -0.3 is 10.6 Å². The Bertz CT molecular complexity index is 870. The predicted octanol–water partition coefficient (Wildman–Crippen LogP) is 2.16. The molecule has 0 saturated carbocycles. The number of aromatic nitrogens is 2. The van der Waals surface area contributed by atoms with E-state index in [-0.39, 0.29) is 11.8 Å². The highest BCUT2D eigenvalue weighted by molar-refractivity contribution is 5.94. The van der Waals surface area contributed by atoms with Crippen LogP contribution in [0.15, 0.2) is 67.0 Å². The molecule has 0 atom stereocenters. The molecule has 3 aromatic rings. The van der Waals surface area contributed by atoms with Gasteiger partial charge in [-0.15, -0.1) is 0 Å². The van der Waals surface area contributed by atoms with Crippen molar-refractivity contribution in [1.82, 2.24) is 20.4 Å². The Morgan fingerprint density at radius 1 is 0.960 bits per heavy atom. The molecule has 0 radical (unpaired) electrons. The Hall–Kier alpha value is -3.41. The average Bonchev–Trinajstić information content (AvgIpc) is 3.17. The van der Waals surface area contributed by atoms with Crippen molar-refractivity contribution in [1.29, 1.82) is 0 Å². The number of nitrogens with one attached hydrogen (secondary N) is 2. The van der Waals surface area contributed by atoms with Gasteiger partial charge in [-0.3, -0.25) is 9.59 Å². The molecule has 0 fully saturated rings. The van der Waals surface area contributed by atoms with Crippen molar-refractivity contribution in [2.24, 2.45) is 0 Å². The van der Waals surface area contributed by atoms with Gasteiger partial charge in [0.05, 0.1) is 17.4 Å². The quantitative estimate of drug-likeness (QED) is 0.751. The summed E-state index contributed by atoms with van der Waals surface area (Å²) in [6.07, 6.45) is 3.23. The largest absolute Gasteiger partial charge is 0.355 e. The van der Waals surface area contributed by atoms with E-state index in [1.54, 1.807) is 30.1 Å². The van der Waals surface area contributed by atoms with E-state index < -0.39 is 0 Å². The van der Waals surface area contributed by atoms with E-state index >= 15 is 0 Å². The van der Waals surface area contributed by atoms with Crippen LogP contribution >= 0.6 is 0 Å². The molecule has 1 aromatic heterocycles. The summed E-state index contributed by atoms with van der Waals surface area (Å²) < 4.78 is 1.66. The van der Waals surface area contributed by atoms with Crippen LogP contribution in [-0.2, 0) is 6.54 Å². The summed E-state index contributed by atoms with van der Waals surface area (Å²) >= 11 is 0. The highest BCUT2D eigenvalue weighted by Crippen LogP contribution is 2.08. The number of rotatable bonds is 5. The first-order chi connectivity index (χ1) is 12.2. The SMILES string of the molecule is CNC(=O)c1ccc(CNC(=O)c2cnn(-c3ccccc3)c2)cc1. The molecule has 0 bridgehead atoms. The van der Waals surface area contributed by atoms with Crippen LogP contribution in [0.25, 0.3) is 5.69 Å². The van der Waals surface area contributed by atoms with Gasteiger partial charge in [-0.1, -0.05) is 30.3 Å². The lowest BCUT2D eigenvalue weighted by Gasteiger charge is -2.05. The second kappa shape index (κ2) is 7.44. The molecular weight excluding hydrogens is 316 g/mol. The summed E-state index contributed by atoms with van der Waals surface area (Å²) in [5, 5.41) is 9.63. The standard InChI is InChI=1S/C19H18N4O2/c1-20-18(24)15-9-7-14(8-10-15)11-21-19(25)16-12-22-23(13-16)17-5-3-2-4-6-17/h2-10,12-13H,11H2,1H3,(H,20,24)(H,21,25). The second-order valence-electron chi connectivity index (χ2n) is 5.47. The van der Waals surface area contributed by atoms with Crippen LogP contribution in [0.5, 0.6) is 0 Å².